The van der Waals surface area contributed by atoms with Crippen LogP contribution in [-0.2, 0) is 9.53 Å². The summed E-state index contributed by atoms with van der Waals surface area (Å²) >= 11 is 0. The number of aliphatic hydroxyl groups excluding tert-OH is 1. The fourth-order valence-electron chi connectivity index (χ4n) is 1.53. The molecule has 0 bridgehead atoms. The van der Waals surface area contributed by atoms with Crippen molar-refractivity contribution in [2.24, 2.45) is 0 Å². The first-order valence-corrected chi connectivity index (χ1v) is 6.42. The van der Waals surface area contributed by atoms with Crippen LogP contribution in [0, 0.1) is 5.82 Å². The Morgan fingerprint density at radius 3 is 2.89 bits per heavy atom. The van der Waals surface area contributed by atoms with Crippen LogP contribution in [0.2, 0.25) is 0 Å². The van der Waals surface area contributed by atoms with Crippen LogP contribution in [0.25, 0.3) is 0 Å². The van der Waals surface area contributed by atoms with Crippen LogP contribution < -0.4 is 5.32 Å². The Balaban J connectivity index is 2.28. The molecule has 0 aliphatic rings. The first-order valence-electron chi connectivity index (χ1n) is 6.42. The van der Waals surface area contributed by atoms with E-state index in [0.717, 1.165) is 12.8 Å². The van der Waals surface area contributed by atoms with Crippen LogP contribution in [-0.4, -0.2) is 30.8 Å². The van der Waals surface area contributed by atoms with Gasteiger partial charge in [0.1, 0.15) is 12.4 Å². The van der Waals surface area contributed by atoms with Crippen molar-refractivity contribution in [3.05, 3.63) is 35.6 Å². The molecule has 1 unspecified atom stereocenters. The van der Waals surface area contributed by atoms with Gasteiger partial charge in [0.05, 0.1) is 6.10 Å². The fraction of sp³-hybridized carbons (Fsp3) is 0.500. The predicted molar refractivity (Wildman–Crippen MR) is 70.1 cm³/mol. The van der Waals surface area contributed by atoms with Crippen LogP contribution >= 0.6 is 0 Å². The summed E-state index contributed by atoms with van der Waals surface area (Å²) in [7, 11) is 0. The van der Waals surface area contributed by atoms with Crippen molar-refractivity contribution in [1.82, 2.24) is 5.32 Å². The summed E-state index contributed by atoms with van der Waals surface area (Å²) < 4.78 is 18.5. The van der Waals surface area contributed by atoms with Crippen molar-refractivity contribution >= 4 is 5.91 Å². The summed E-state index contributed by atoms with van der Waals surface area (Å²) in [5, 5.41) is 12.3. The van der Waals surface area contributed by atoms with E-state index in [9.17, 15) is 14.3 Å². The molecule has 5 heteroatoms. The van der Waals surface area contributed by atoms with Crippen molar-refractivity contribution in [1.29, 1.82) is 0 Å². The van der Waals surface area contributed by atoms with Crippen LogP contribution in [0.1, 0.15) is 31.4 Å². The number of ether oxygens (including phenoxy) is 1. The molecule has 0 aromatic heterocycles. The molecule has 1 aromatic carbocycles. The van der Waals surface area contributed by atoms with E-state index >= 15 is 0 Å². The number of nitrogens with one attached hydrogen (secondary N) is 1. The molecule has 0 saturated carbocycles. The van der Waals surface area contributed by atoms with Crippen LogP contribution in [0.15, 0.2) is 24.3 Å². The first-order chi connectivity index (χ1) is 9.15. The summed E-state index contributed by atoms with van der Waals surface area (Å²) in [5.74, 6) is -0.796. The van der Waals surface area contributed by atoms with Crippen molar-refractivity contribution in [2.45, 2.75) is 25.9 Å². The molecule has 1 aromatic rings. The minimum atomic E-state index is -1.05. The summed E-state index contributed by atoms with van der Waals surface area (Å²) in [4.78, 5) is 11.4. The number of carbonyl (C=O) groups is 1. The number of aliphatic hydroxyl groups is 1. The Hall–Kier alpha value is -1.46. The lowest BCUT2D eigenvalue weighted by Gasteiger charge is -2.13. The van der Waals surface area contributed by atoms with Crippen LogP contribution in [0.5, 0.6) is 0 Å². The van der Waals surface area contributed by atoms with Gasteiger partial charge in [-0.3, -0.25) is 4.79 Å². The maximum absolute atomic E-state index is 13.4. The van der Waals surface area contributed by atoms with Gasteiger partial charge in [0.15, 0.2) is 0 Å². The van der Waals surface area contributed by atoms with E-state index < -0.39 is 11.9 Å². The average Bonchev–Trinajstić information content (AvgIpc) is 2.41. The van der Waals surface area contributed by atoms with Gasteiger partial charge in [0.2, 0.25) is 5.91 Å². The number of carbonyl (C=O) groups excluding carboxylic acids is 1. The van der Waals surface area contributed by atoms with Crippen LogP contribution in [0.4, 0.5) is 4.39 Å². The normalized spacial score (nSPS) is 12.2. The molecule has 0 spiro atoms. The number of hydrogen-bond donors (Lipinski definition) is 2. The van der Waals surface area contributed by atoms with Crippen molar-refractivity contribution in [2.75, 3.05) is 19.8 Å². The molecule has 0 saturated heterocycles. The van der Waals surface area contributed by atoms with E-state index in [0.29, 0.717) is 6.61 Å². The second-order valence-corrected chi connectivity index (χ2v) is 4.25. The topological polar surface area (TPSA) is 58.6 Å². The Morgan fingerprint density at radius 2 is 2.21 bits per heavy atom. The van der Waals surface area contributed by atoms with Gasteiger partial charge in [-0.15, -0.1) is 0 Å². The maximum Gasteiger partial charge on any atom is 0.246 e. The summed E-state index contributed by atoms with van der Waals surface area (Å²) in [5.41, 5.74) is 0.176. The van der Waals surface area contributed by atoms with Gasteiger partial charge in [0, 0.05) is 18.7 Å². The highest BCUT2D eigenvalue weighted by Crippen LogP contribution is 2.15. The van der Waals surface area contributed by atoms with Gasteiger partial charge in [0.25, 0.3) is 0 Å². The molecule has 4 nitrogen and oxygen atoms in total. The zero-order valence-electron chi connectivity index (χ0n) is 11.1. The van der Waals surface area contributed by atoms with Crippen molar-refractivity contribution in [3.8, 4) is 0 Å². The highest BCUT2D eigenvalue weighted by Gasteiger charge is 2.13. The molecule has 1 amide bonds. The van der Waals surface area contributed by atoms with Gasteiger partial charge in [-0.05, 0) is 12.5 Å². The Bertz CT molecular complexity index is 398. The number of halogens is 1. The maximum atomic E-state index is 13.4. The van der Waals surface area contributed by atoms with E-state index in [-0.39, 0.29) is 24.6 Å². The van der Waals surface area contributed by atoms with E-state index in [1.165, 1.54) is 12.1 Å². The van der Waals surface area contributed by atoms with E-state index in [2.05, 4.69) is 5.32 Å². The highest BCUT2D eigenvalue weighted by molar-refractivity contribution is 5.77. The zero-order valence-corrected chi connectivity index (χ0v) is 11.1. The largest absolute Gasteiger partial charge is 0.386 e. The average molecular weight is 269 g/mol. The minimum absolute atomic E-state index is 0.0308. The number of unbranched alkanes of at least 4 members (excludes halogenated alkanes) is 1. The van der Waals surface area contributed by atoms with Gasteiger partial charge in [-0.2, -0.15) is 0 Å². The lowest BCUT2D eigenvalue weighted by Crippen LogP contribution is -2.31. The van der Waals surface area contributed by atoms with Gasteiger partial charge in [-0.1, -0.05) is 31.5 Å². The van der Waals surface area contributed by atoms with E-state index in [1.807, 2.05) is 6.92 Å². The molecule has 0 aliphatic carbocycles. The fourth-order valence-corrected chi connectivity index (χ4v) is 1.53. The molecule has 2 N–H and O–H groups in total. The minimum Gasteiger partial charge on any atom is -0.386 e. The van der Waals surface area contributed by atoms with E-state index in [4.69, 9.17) is 4.74 Å². The SMILES string of the molecule is CCCCOCC(=O)NCC(O)c1ccccc1F. The molecular weight excluding hydrogens is 249 g/mol. The van der Waals surface area contributed by atoms with Crippen molar-refractivity contribution < 1.29 is 19.0 Å². The molecule has 19 heavy (non-hydrogen) atoms. The first kappa shape index (κ1) is 15.6. The van der Waals surface area contributed by atoms with Gasteiger partial charge in [-0.25, -0.2) is 4.39 Å². The molecule has 1 atom stereocenters. The molecule has 1 rings (SSSR count). The summed E-state index contributed by atoms with van der Waals surface area (Å²) in [6.07, 6.45) is 0.861. The molecule has 106 valence electrons. The number of benzene rings is 1. The number of rotatable bonds is 8. The lowest BCUT2D eigenvalue weighted by molar-refractivity contribution is -0.126. The Labute approximate surface area is 112 Å². The molecule has 0 fully saturated rings. The predicted octanol–water partition coefficient (Wildman–Crippen LogP) is 1.79. The standard InChI is InChI=1S/C14H20FNO3/c1-2-3-8-19-10-14(18)16-9-13(17)11-6-4-5-7-12(11)15/h4-7,13,17H,2-3,8-10H2,1H3,(H,16,18). The molecule has 0 aliphatic heterocycles. The Kier molecular flexibility index (Phi) is 7.07. The molecule has 0 radical (unpaired) electrons. The van der Waals surface area contributed by atoms with Crippen molar-refractivity contribution in [3.63, 3.8) is 0 Å². The van der Waals surface area contributed by atoms with E-state index in [1.54, 1.807) is 12.1 Å². The zero-order chi connectivity index (χ0) is 14.1. The smallest absolute Gasteiger partial charge is 0.246 e. The Morgan fingerprint density at radius 1 is 1.47 bits per heavy atom. The molecule has 0 heterocycles. The second kappa shape index (κ2) is 8.61. The molecular formula is C14H20FNO3. The van der Waals surface area contributed by atoms with Crippen LogP contribution in [0.3, 0.4) is 0 Å². The number of hydrogen-bond acceptors (Lipinski definition) is 3. The third-order valence-corrected chi connectivity index (χ3v) is 2.63. The van der Waals surface area contributed by atoms with Gasteiger partial charge < -0.3 is 15.2 Å². The third kappa shape index (κ3) is 5.81. The summed E-state index contributed by atoms with van der Waals surface area (Å²) in [6, 6.07) is 5.95. The number of amides is 1. The second-order valence-electron chi connectivity index (χ2n) is 4.25. The van der Waals surface area contributed by atoms with Gasteiger partial charge >= 0.3 is 0 Å². The lowest BCUT2D eigenvalue weighted by atomic mass is 10.1. The quantitative estimate of drug-likeness (QED) is 0.707. The highest BCUT2D eigenvalue weighted by atomic mass is 19.1. The summed E-state index contributed by atoms with van der Waals surface area (Å²) in [6.45, 7) is 2.51. The third-order valence-electron chi connectivity index (χ3n) is 2.63. The monoisotopic (exact) mass is 269 g/mol.